The molecule has 0 bridgehead atoms. The number of aromatic nitrogens is 6. The minimum Gasteiger partial charge on any atom is -0.331 e. The van der Waals surface area contributed by atoms with Crippen molar-refractivity contribution in [3.63, 3.8) is 0 Å². The van der Waals surface area contributed by atoms with E-state index >= 15 is 4.39 Å². The van der Waals surface area contributed by atoms with Crippen LogP contribution in [0.4, 0.5) is 17.6 Å². The van der Waals surface area contributed by atoms with Crippen molar-refractivity contribution in [1.82, 2.24) is 33.8 Å². The van der Waals surface area contributed by atoms with Crippen molar-refractivity contribution in [2.75, 3.05) is 0 Å². The molecule has 222 valence electrons. The number of aryl methyl sites for hydroxylation is 3. The van der Waals surface area contributed by atoms with E-state index in [1.54, 1.807) is 44.5 Å². The van der Waals surface area contributed by atoms with Crippen LogP contribution in [0.3, 0.4) is 0 Å². The van der Waals surface area contributed by atoms with E-state index in [2.05, 4.69) is 26.0 Å². The van der Waals surface area contributed by atoms with Crippen molar-refractivity contribution in [2.24, 2.45) is 7.05 Å². The molecule has 0 N–H and O–H groups in total. The molecular formula is C29H24BrF4N7O2. The number of carbonyl (C=O) groups excluding carboxylic acids is 1. The fourth-order valence-corrected chi connectivity index (χ4v) is 5.99. The number of amides is 1. The molecule has 0 spiro atoms. The minimum atomic E-state index is -4.66. The van der Waals surface area contributed by atoms with Gasteiger partial charge in [-0.25, -0.2) is 23.6 Å². The molecule has 2 aromatic carbocycles. The molecule has 1 atom stereocenters. The zero-order chi connectivity index (χ0) is 31.0. The topological polar surface area (TPSA) is 90.8 Å². The highest BCUT2D eigenvalue weighted by molar-refractivity contribution is 9.10. The van der Waals surface area contributed by atoms with Gasteiger partial charge < -0.3 is 9.47 Å². The lowest BCUT2D eigenvalue weighted by atomic mass is 9.98. The zero-order valence-corrected chi connectivity index (χ0v) is 25.0. The summed E-state index contributed by atoms with van der Waals surface area (Å²) in [5.74, 6) is -1.12. The first-order chi connectivity index (χ1) is 20.2. The molecule has 0 radical (unpaired) electrons. The summed E-state index contributed by atoms with van der Waals surface area (Å²) < 4.78 is 60.0. The molecule has 4 heterocycles. The fraction of sp³-hybridized carbons (Fsp3) is 0.276. The van der Waals surface area contributed by atoms with Gasteiger partial charge in [0.2, 0.25) is 5.95 Å². The van der Waals surface area contributed by atoms with Gasteiger partial charge in [0.15, 0.2) is 5.82 Å². The minimum absolute atomic E-state index is 0.0778. The lowest BCUT2D eigenvalue weighted by molar-refractivity contribution is -0.138. The van der Waals surface area contributed by atoms with Crippen LogP contribution < -0.4 is 5.56 Å². The molecule has 1 unspecified atom stereocenters. The highest BCUT2D eigenvalue weighted by atomic mass is 79.9. The van der Waals surface area contributed by atoms with Gasteiger partial charge in [-0.05, 0) is 57.5 Å². The summed E-state index contributed by atoms with van der Waals surface area (Å²) in [6, 6.07) is 7.40. The molecule has 43 heavy (non-hydrogen) atoms. The summed E-state index contributed by atoms with van der Waals surface area (Å²) in [5.41, 5.74) is 1.16. The van der Waals surface area contributed by atoms with E-state index in [4.69, 9.17) is 4.98 Å². The van der Waals surface area contributed by atoms with Gasteiger partial charge >= 0.3 is 6.18 Å². The Hall–Kier alpha value is -4.33. The Bertz CT molecular complexity index is 2010. The summed E-state index contributed by atoms with van der Waals surface area (Å²) >= 11 is 2.91. The molecule has 0 fully saturated rings. The van der Waals surface area contributed by atoms with Crippen LogP contribution in [0, 0.1) is 19.7 Å². The van der Waals surface area contributed by atoms with E-state index in [0.717, 1.165) is 6.07 Å². The van der Waals surface area contributed by atoms with Gasteiger partial charge in [0.1, 0.15) is 5.52 Å². The van der Waals surface area contributed by atoms with Crippen molar-refractivity contribution in [1.29, 1.82) is 0 Å². The largest absolute Gasteiger partial charge is 0.417 e. The van der Waals surface area contributed by atoms with Crippen LogP contribution in [0.25, 0.3) is 22.7 Å². The van der Waals surface area contributed by atoms with Crippen LogP contribution in [0.2, 0.25) is 0 Å². The second-order valence-corrected chi connectivity index (χ2v) is 11.5. The Balaban J connectivity index is 1.50. The van der Waals surface area contributed by atoms with E-state index < -0.39 is 35.1 Å². The Morgan fingerprint density at radius 2 is 1.86 bits per heavy atom. The predicted molar refractivity (Wildman–Crippen MR) is 153 cm³/mol. The maximum atomic E-state index is 15.3. The molecule has 1 aliphatic heterocycles. The third kappa shape index (κ3) is 4.82. The monoisotopic (exact) mass is 657 g/mol. The normalized spacial score (nSPS) is 15.3. The Morgan fingerprint density at radius 1 is 1.12 bits per heavy atom. The Morgan fingerprint density at radius 3 is 2.53 bits per heavy atom. The number of nitrogens with zero attached hydrogens (tertiary/aromatic N) is 7. The molecule has 9 nitrogen and oxygen atoms in total. The van der Waals surface area contributed by atoms with E-state index in [-0.39, 0.29) is 45.8 Å². The summed E-state index contributed by atoms with van der Waals surface area (Å²) in [5, 5.41) is 4.49. The zero-order valence-electron chi connectivity index (χ0n) is 23.4. The summed E-state index contributed by atoms with van der Waals surface area (Å²) in [6.45, 7) is 5.15. The third-order valence-corrected chi connectivity index (χ3v) is 8.28. The van der Waals surface area contributed by atoms with Gasteiger partial charge in [0, 0.05) is 40.4 Å². The average molecular weight is 658 g/mol. The SMILES string of the molecule is Cc1cc(C)n(-c2nc3c(c(=O)n2-c2cc(F)c4c(c2)ncn4C)CC(C)N(C(=O)c2ccc(Br)c(C(F)(F)F)c2)C3)n1. The molecule has 6 rings (SSSR count). The van der Waals surface area contributed by atoms with E-state index in [1.807, 2.05) is 0 Å². The molecule has 0 saturated heterocycles. The molecular weight excluding hydrogens is 634 g/mol. The lowest BCUT2D eigenvalue weighted by Crippen LogP contribution is -2.46. The number of fused-ring (bicyclic) bond motifs is 2. The third-order valence-electron chi connectivity index (χ3n) is 7.58. The van der Waals surface area contributed by atoms with Gasteiger partial charge in [-0.1, -0.05) is 15.9 Å². The standard InChI is InChI=1S/C29H24BrF4N7O2/c1-14-7-16(3)41(37-14)28-36-24-12-39(26(42)17-5-6-21(30)20(9-17)29(32,33)34)15(2)8-19(24)27(43)40(28)18-10-22(31)25-23(11-18)35-13-38(25)4/h5-7,9-11,13,15H,8,12H2,1-4H3. The maximum Gasteiger partial charge on any atom is 0.417 e. The number of hydrogen-bond donors (Lipinski definition) is 0. The first-order valence-electron chi connectivity index (χ1n) is 13.2. The smallest absolute Gasteiger partial charge is 0.331 e. The first kappa shape index (κ1) is 28.8. The van der Waals surface area contributed by atoms with Crippen molar-refractivity contribution >= 4 is 32.9 Å². The molecule has 14 heteroatoms. The van der Waals surface area contributed by atoms with Crippen LogP contribution in [0.5, 0.6) is 0 Å². The highest BCUT2D eigenvalue weighted by Crippen LogP contribution is 2.36. The van der Waals surface area contributed by atoms with Gasteiger partial charge in [-0.3, -0.25) is 9.59 Å². The van der Waals surface area contributed by atoms with Gasteiger partial charge in [0.25, 0.3) is 11.5 Å². The second-order valence-electron chi connectivity index (χ2n) is 10.6. The molecule has 3 aromatic heterocycles. The van der Waals surface area contributed by atoms with Gasteiger partial charge in [-0.2, -0.15) is 18.3 Å². The van der Waals surface area contributed by atoms with E-state index in [1.165, 1.54) is 38.7 Å². The number of halogens is 5. The Kier molecular flexibility index (Phi) is 6.79. The van der Waals surface area contributed by atoms with Crippen LogP contribution in [-0.2, 0) is 26.2 Å². The molecule has 1 aliphatic rings. The molecule has 0 aliphatic carbocycles. The van der Waals surface area contributed by atoms with Crippen molar-refractivity contribution in [2.45, 2.75) is 46.0 Å². The number of benzene rings is 2. The van der Waals surface area contributed by atoms with Crippen LogP contribution in [-0.4, -0.2) is 45.7 Å². The quantitative estimate of drug-likeness (QED) is 0.242. The van der Waals surface area contributed by atoms with Crippen molar-refractivity contribution in [3.8, 4) is 11.6 Å². The summed E-state index contributed by atoms with van der Waals surface area (Å²) in [6.07, 6.45) is -3.10. The maximum absolute atomic E-state index is 15.3. The van der Waals surface area contributed by atoms with Crippen LogP contribution in [0.1, 0.15) is 45.5 Å². The second kappa shape index (κ2) is 10.1. The number of carbonyl (C=O) groups is 1. The first-order valence-corrected chi connectivity index (χ1v) is 14.0. The number of imidazole rings is 1. The van der Waals surface area contributed by atoms with Crippen molar-refractivity contribution < 1.29 is 22.4 Å². The lowest BCUT2D eigenvalue weighted by Gasteiger charge is -2.34. The fourth-order valence-electron chi connectivity index (χ4n) is 5.52. The highest BCUT2D eigenvalue weighted by Gasteiger charge is 2.36. The summed E-state index contributed by atoms with van der Waals surface area (Å²) in [4.78, 5) is 38.1. The molecule has 1 amide bonds. The van der Waals surface area contributed by atoms with Crippen molar-refractivity contribution in [3.05, 3.63) is 97.1 Å². The van der Waals surface area contributed by atoms with Gasteiger partial charge in [0.05, 0.1) is 41.0 Å². The van der Waals surface area contributed by atoms with Gasteiger partial charge in [-0.15, -0.1) is 0 Å². The van der Waals surface area contributed by atoms with Crippen LogP contribution in [0.15, 0.2) is 52.0 Å². The van der Waals surface area contributed by atoms with Crippen LogP contribution >= 0.6 is 15.9 Å². The summed E-state index contributed by atoms with van der Waals surface area (Å²) in [7, 11) is 1.67. The number of rotatable bonds is 3. The average Bonchev–Trinajstić information content (AvgIpc) is 3.48. The Labute approximate surface area is 250 Å². The van der Waals surface area contributed by atoms with E-state index in [9.17, 15) is 22.8 Å². The predicted octanol–water partition coefficient (Wildman–Crippen LogP) is 5.43. The molecule has 5 aromatic rings. The number of alkyl halides is 3. The number of hydrogen-bond acceptors (Lipinski definition) is 5. The van der Waals surface area contributed by atoms with E-state index in [0.29, 0.717) is 22.5 Å². The molecule has 0 saturated carbocycles.